The van der Waals surface area contributed by atoms with E-state index in [0.29, 0.717) is 31.4 Å². The van der Waals surface area contributed by atoms with Crippen LogP contribution in [0.2, 0.25) is 0 Å². The molecular formula is C24H26FNO4. The molecule has 3 rings (SSSR count). The Labute approximate surface area is 175 Å². The van der Waals surface area contributed by atoms with Crippen molar-refractivity contribution in [1.82, 2.24) is 5.32 Å². The van der Waals surface area contributed by atoms with Gasteiger partial charge in [-0.05, 0) is 42.5 Å². The van der Waals surface area contributed by atoms with Gasteiger partial charge in [0.25, 0.3) is 0 Å². The predicted octanol–water partition coefficient (Wildman–Crippen LogP) is 3.74. The van der Waals surface area contributed by atoms with Gasteiger partial charge in [-0.3, -0.25) is 14.4 Å². The molecule has 0 saturated heterocycles. The van der Waals surface area contributed by atoms with Gasteiger partial charge in [-0.25, -0.2) is 4.39 Å². The Morgan fingerprint density at radius 1 is 1.00 bits per heavy atom. The van der Waals surface area contributed by atoms with E-state index in [1.54, 1.807) is 24.3 Å². The molecule has 30 heavy (non-hydrogen) atoms. The summed E-state index contributed by atoms with van der Waals surface area (Å²) in [5.74, 6) is -1.13. The molecule has 1 fully saturated rings. The molecule has 0 radical (unpaired) electrons. The average Bonchev–Trinajstić information content (AvgIpc) is 3.24. The van der Waals surface area contributed by atoms with Crippen molar-refractivity contribution < 1.29 is 23.5 Å². The highest BCUT2D eigenvalue weighted by Gasteiger charge is 2.44. The zero-order valence-electron chi connectivity index (χ0n) is 17.1. The van der Waals surface area contributed by atoms with Crippen molar-refractivity contribution >= 4 is 17.7 Å². The van der Waals surface area contributed by atoms with Gasteiger partial charge in [-0.1, -0.05) is 49.2 Å². The minimum atomic E-state index is -0.804. The van der Waals surface area contributed by atoms with Crippen molar-refractivity contribution in [1.29, 1.82) is 0 Å². The maximum Gasteiger partial charge on any atom is 0.317 e. The van der Waals surface area contributed by atoms with E-state index in [1.807, 2.05) is 12.1 Å². The summed E-state index contributed by atoms with van der Waals surface area (Å²) in [5, 5.41) is 2.73. The molecule has 158 valence electrons. The number of carbonyl (C=O) groups is 3. The standard InChI is InChI=1S/C24H26FNO4/c1-17(27)26-15-12-18-4-6-19(7-5-18)22(28)16-30-23(29)24(13-2-3-14-24)20-8-10-21(25)11-9-20/h4-11H,2-3,12-16H2,1H3,(H,26,27). The highest BCUT2D eigenvalue weighted by atomic mass is 19.1. The summed E-state index contributed by atoms with van der Waals surface area (Å²) < 4.78 is 18.7. The molecule has 1 amide bonds. The summed E-state index contributed by atoms with van der Waals surface area (Å²) in [5.41, 5.74) is 1.40. The number of benzene rings is 2. The first-order valence-corrected chi connectivity index (χ1v) is 10.2. The Morgan fingerprint density at radius 3 is 2.23 bits per heavy atom. The van der Waals surface area contributed by atoms with Gasteiger partial charge in [0.05, 0.1) is 5.41 Å². The van der Waals surface area contributed by atoms with Crippen molar-refractivity contribution in [2.45, 2.75) is 44.4 Å². The third kappa shape index (κ3) is 5.12. The number of Topliss-reactive ketones (excluding diaryl/α,β-unsaturated/α-hetero) is 1. The van der Waals surface area contributed by atoms with Crippen molar-refractivity contribution in [2.75, 3.05) is 13.2 Å². The molecule has 0 aromatic heterocycles. The van der Waals surface area contributed by atoms with Crippen LogP contribution in [0.25, 0.3) is 0 Å². The van der Waals surface area contributed by atoms with E-state index in [9.17, 15) is 18.8 Å². The van der Waals surface area contributed by atoms with Crippen LogP contribution in [0.5, 0.6) is 0 Å². The van der Waals surface area contributed by atoms with E-state index in [1.165, 1.54) is 19.1 Å². The SMILES string of the molecule is CC(=O)NCCc1ccc(C(=O)COC(=O)C2(c3ccc(F)cc3)CCCC2)cc1. The van der Waals surface area contributed by atoms with Gasteiger partial charge >= 0.3 is 5.97 Å². The first kappa shape index (κ1) is 21.7. The first-order valence-electron chi connectivity index (χ1n) is 10.2. The fourth-order valence-electron chi connectivity index (χ4n) is 3.95. The van der Waals surface area contributed by atoms with E-state index >= 15 is 0 Å². The average molecular weight is 411 g/mol. The van der Waals surface area contributed by atoms with E-state index in [-0.39, 0.29) is 24.1 Å². The monoisotopic (exact) mass is 411 g/mol. The highest BCUT2D eigenvalue weighted by molar-refractivity contribution is 5.98. The molecule has 0 atom stereocenters. The quantitative estimate of drug-likeness (QED) is 0.531. The summed E-state index contributed by atoms with van der Waals surface area (Å²) in [6, 6.07) is 13.0. The number of hydrogen-bond donors (Lipinski definition) is 1. The van der Waals surface area contributed by atoms with Gasteiger partial charge in [0.15, 0.2) is 12.4 Å². The molecule has 1 aliphatic rings. The number of carbonyl (C=O) groups excluding carboxylic acids is 3. The van der Waals surface area contributed by atoms with Gasteiger partial charge < -0.3 is 10.1 Å². The summed E-state index contributed by atoms with van der Waals surface area (Å²) >= 11 is 0. The van der Waals surface area contributed by atoms with Crippen molar-refractivity contribution in [2.24, 2.45) is 0 Å². The molecule has 2 aromatic carbocycles. The van der Waals surface area contributed by atoms with Gasteiger partial charge in [0.1, 0.15) is 5.82 Å². The molecule has 0 aliphatic heterocycles. The molecule has 0 spiro atoms. The molecule has 6 heteroatoms. The van der Waals surface area contributed by atoms with Crippen LogP contribution in [0.4, 0.5) is 4.39 Å². The van der Waals surface area contributed by atoms with Crippen LogP contribution >= 0.6 is 0 Å². The van der Waals surface area contributed by atoms with Gasteiger partial charge in [0.2, 0.25) is 5.91 Å². The minimum Gasteiger partial charge on any atom is -0.457 e. The van der Waals surface area contributed by atoms with Crippen molar-refractivity contribution in [3.63, 3.8) is 0 Å². The Kier molecular flexibility index (Phi) is 6.98. The number of halogens is 1. The van der Waals surface area contributed by atoms with Gasteiger partial charge in [-0.15, -0.1) is 0 Å². The molecular weight excluding hydrogens is 385 g/mol. The second kappa shape index (κ2) is 9.65. The highest BCUT2D eigenvalue weighted by Crippen LogP contribution is 2.42. The molecule has 1 aliphatic carbocycles. The molecule has 5 nitrogen and oxygen atoms in total. The van der Waals surface area contributed by atoms with Crippen molar-refractivity contribution in [3.05, 3.63) is 71.0 Å². The number of ether oxygens (including phenoxy) is 1. The number of nitrogens with one attached hydrogen (secondary N) is 1. The number of amides is 1. The fraction of sp³-hybridized carbons (Fsp3) is 0.375. The Bertz CT molecular complexity index is 900. The van der Waals surface area contributed by atoms with Crippen LogP contribution in [0.3, 0.4) is 0 Å². The topological polar surface area (TPSA) is 72.5 Å². The second-order valence-corrected chi connectivity index (χ2v) is 7.73. The van der Waals surface area contributed by atoms with E-state index < -0.39 is 11.4 Å². The second-order valence-electron chi connectivity index (χ2n) is 7.73. The Balaban J connectivity index is 1.59. The van der Waals surface area contributed by atoms with Crippen LogP contribution in [0.15, 0.2) is 48.5 Å². The lowest BCUT2D eigenvalue weighted by Gasteiger charge is -2.27. The van der Waals surface area contributed by atoms with Crippen LogP contribution in [0.1, 0.15) is 54.1 Å². The first-order chi connectivity index (χ1) is 14.4. The number of rotatable bonds is 8. The molecule has 0 heterocycles. The smallest absolute Gasteiger partial charge is 0.317 e. The van der Waals surface area contributed by atoms with Crippen LogP contribution in [-0.2, 0) is 26.2 Å². The lowest BCUT2D eigenvalue weighted by atomic mass is 9.79. The van der Waals surface area contributed by atoms with Gasteiger partial charge in [-0.2, -0.15) is 0 Å². The summed E-state index contributed by atoms with van der Waals surface area (Å²) in [4.78, 5) is 36.3. The third-order valence-electron chi connectivity index (χ3n) is 5.64. The van der Waals surface area contributed by atoms with E-state index in [4.69, 9.17) is 4.74 Å². The molecule has 0 bridgehead atoms. The maximum absolute atomic E-state index is 13.3. The summed E-state index contributed by atoms with van der Waals surface area (Å²) in [7, 11) is 0. The number of ketones is 1. The molecule has 1 N–H and O–H groups in total. The lowest BCUT2D eigenvalue weighted by Crippen LogP contribution is -2.35. The zero-order valence-corrected chi connectivity index (χ0v) is 17.1. The fourth-order valence-corrected chi connectivity index (χ4v) is 3.95. The summed E-state index contributed by atoms with van der Waals surface area (Å²) in [6.45, 7) is 1.67. The van der Waals surface area contributed by atoms with Crippen LogP contribution in [-0.4, -0.2) is 30.8 Å². The van der Waals surface area contributed by atoms with Crippen LogP contribution in [0, 0.1) is 5.82 Å². The lowest BCUT2D eigenvalue weighted by molar-refractivity contribution is -0.149. The predicted molar refractivity (Wildman–Crippen MR) is 111 cm³/mol. The number of esters is 1. The van der Waals surface area contributed by atoms with Gasteiger partial charge in [0, 0.05) is 19.0 Å². The third-order valence-corrected chi connectivity index (χ3v) is 5.64. The normalized spacial score (nSPS) is 14.9. The largest absolute Gasteiger partial charge is 0.457 e. The van der Waals surface area contributed by atoms with Crippen molar-refractivity contribution in [3.8, 4) is 0 Å². The minimum absolute atomic E-state index is 0.0794. The number of hydrogen-bond acceptors (Lipinski definition) is 4. The van der Waals surface area contributed by atoms with Crippen LogP contribution < -0.4 is 5.32 Å². The summed E-state index contributed by atoms with van der Waals surface area (Å²) in [6.07, 6.45) is 3.72. The Hall–Kier alpha value is -3.02. The molecule has 0 unspecified atom stereocenters. The van der Waals surface area contributed by atoms with E-state index in [2.05, 4.69) is 5.32 Å². The molecule has 2 aromatic rings. The maximum atomic E-state index is 13.3. The Morgan fingerprint density at radius 2 is 1.63 bits per heavy atom. The zero-order chi connectivity index (χ0) is 21.6. The molecule has 1 saturated carbocycles. The van der Waals surface area contributed by atoms with E-state index in [0.717, 1.165) is 24.0 Å².